The van der Waals surface area contributed by atoms with Crippen LogP contribution in [0, 0.1) is 13.8 Å². The average molecular weight is 362 g/mol. The Morgan fingerprint density at radius 2 is 1.96 bits per heavy atom. The Morgan fingerprint density at radius 3 is 2.64 bits per heavy atom. The van der Waals surface area contributed by atoms with E-state index in [1.807, 2.05) is 38.1 Å². The number of hydrogen-bond acceptors (Lipinski definition) is 5. The van der Waals surface area contributed by atoms with E-state index in [1.54, 1.807) is 0 Å². The van der Waals surface area contributed by atoms with Gasteiger partial charge in [0.1, 0.15) is 5.76 Å². The predicted octanol–water partition coefficient (Wildman–Crippen LogP) is 4.15. The number of nitrogens with zero attached hydrogens (tertiary/aromatic N) is 1. The van der Waals surface area contributed by atoms with Crippen molar-refractivity contribution in [2.45, 2.75) is 63.5 Å². The molecule has 0 saturated heterocycles. The van der Waals surface area contributed by atoms with Crippen LogP contribution in [0.3, 0.4) is 0 Å². The molecular formula is C19H26N2O3S. The number of rotatable bonds is 6. The van der Waals surface area contributed by atoms with Gasteiger partial charge in [-0.25, -0.2) is 8.42 Å². The Morgan fingerprint density at radius 1 is 1.20 bits per heavy atom. The van der Waals surface area contributed by atoms with Crippen LogP contribution in [0.5, 0.6) is 0 Å². The van der Waals surface area contributed by atoms with Crippen LogP contribution in [-0.4, -0.2) is 18.8 Å². The monoisotopic (exact) mass is 362 g/mol. The van der Waals surface area contributed by atoms with Crippen molar-refractivity contribution in [3.8, 4) is 0 Å². The molecule has 1 aromatic heterocycles. The van der Waals surface area contributed by atoms with E-state index in [9.17, 15) is 8.42 Å². The molecule has 0 unspecified atom stereocenters. The molecule has 0 radical (unpaired) electrons. The van der Waals surface area contributed by atoms with Crippen LogP contribution in [0.4, 0.5) is 5.69 Å². The predicted molar refractivity (Wildman–Crippen MR) is 99.2 cm³/mol. The highest BCUT2D eigenvalue weighted by atomic mass is 32.2. The second-order valence-electron chi connectivity index (χ2n) is 6.92. The van der Waals surface area contributed by atoms with E-state index < -0.39 is 9.84 Å². The lowest BCUT2D eigenvalue weighted by molar-refractivity contribution is 0.392. The van der Waals surface area contributed by atoms with Gasteiger partial charge in [0.05, 0.1) is 16.7 Å². The van der Waals surface area contributed by atoms with Crippen molar-refractivity contribution in [1.29, 1.82) is 0 Å². The molecule has 1 aliphatic carbocycles. The highest BCUT2D eigenvalue weighted by Crippen LogP contribution is 2.27. The molecule has 3 rings (SSSR count). The van der Waals surface area contributed by atoms with Crippen molar-refractivity contribution >= 4 is 15.5 Å². The van der Waals surface area contributed by atoms with Crippen LogP contribution in [0.15, 0.2) is 28.8 Å². The molecule has 25 heavy (non-hydrogen) atoms. The number of aryl methyl sites for hydroxylation is 2. The minimum atomic E-state index is -3.08. The lowest BCUT2D eigenvalue weighted by atomic mass is 10.0. The Bertz CT molecular complexity index is 801. The third-order valence-electron chi connectivity index (χ3n) is 5.01. The molecule has 0 atom stereocenters. The third kappa shape index (κ3) is 4.42. The smallest absolute Gasteiger partial charge is 0.157 e. The zero-order valence-electron chi connectivity index (χ0n) is 14.9. The molecule has 1 aromatic carbocycles. The summed E-state index contributed by atoms with van der Waals surface area (Å²) in [6.07, 6.45) is 4.84. The number of benzene rings is 1. The van der Waals surface area contributed by atoms with Gasteiger partial charge in [-0.15, -0.1) is 0 Å². The molecule has 0 aliphatic heterocycles. The van der Waals surface area contributed by atoms with Gasteiger partial charge in [-0.2, -0.15) is 0 Å². The zero-order valence-corrected chi connectivity index (χ0v) is 15.7. The van der Waals surface area contributed by atoms with E-state index in [4.69, 9.17) is 4.52 Å². The summed E-state index contributed by atoms with van der Waals surface area (Å²) in [5, 5.41) is 7.12. The van der Waals surface area contributed by atoms with Gasteiger partial charge in [0.25, 0.3) is 0 Å². The first-order chi connectivity index (χ1) is 12.0. The van der Waals surface area contributed by atoms with E-state index in [1.165, 1.54) is 0 Å². The standard InChI is InChI=1S/C19H26N2O3S/c1-14-19(15(2)24-21-14)12-20-17-8-6-7-16(11-17)13-25(22,23)18-9-4-3-5-10-18/h6-8,11,18,20H,3-5,9-10,12-13H2,1-2H3. The van der Waals surface area contributed by atoms with Gasteiger partial charge in [-0.3, -0.25) is 0 Å². The van der Waals surface area contributed by atoms with Crippen molar-refractivity contribution in [3.63, 3.8) is 0 Å². The summed E-state index contributed by atoms with van der Waals surface area (Å²) in [6.45, 7) is 4.42. The maximum absolute atomic E-state index is 12.7. The van der Waals surface area contributed by atoms with E-state index >= 15 is 0 Å². The lowest BCUT2D eigenvalue weighted by Crippen LogP contribution is -2.25. The highest BCUT2D eigenvalue weighted by Gasteiger charge is 2.27. The van der Waals surface area contributed by atoms with Gasteiger partial charge in [0.15, 0.2) is 9.84 Å². The first-order valence-electron chi connectivity index (χ1n) is 8.92. The summed E-state index contributed by atoms with van der Waals surface area (Å²) in [5.74, 6) is 0.930. The van der Waals surface area contributed by atoms with Gasteiger partial charge in [-0.05, 0) is 44.4 Å². The van der Waals surface area contributed by atoms with Crippen LogP contribution in [0.2, 0.25) is 0 Å². The maximum Gasteiger partial charge on any atom is 0.157 e. The number of aromatic nitrogens is 1. The fourth-order valence-electron chi connectivity index (χ4n) is 3.49. The first-order valence-corrected chi connectivity index (χ1v) is 10.6. The van der Waals surface area contributed by atoms with Crippen LogP contribution in [0.25, 0.3) is 0 Å². The first kappa shape index (κ1) is 18.0. The largest absolute Gasteiger partial charge is 0.381 e. The molecule has 0 amide bonds. The fourth-order valence-corrected chi connectivity index (χ4v) is 5.42. The second kappa shape index (κ2) is 7.60. The van der Waals surface area contributed by atoms with E-state index in [-0.39, 0.29) is 11.0 Å². The molecule has 2 aromatic rings. The van der Waals surface area contributed by atoms with Crippen molar-refractivity contribution in [2.24, 2.45) is 0 Å². The second-order valence-corrected chi connectivity index (χ2v) is 9.20. The Balaban J connectivity index is 1.67. The van der Waals surface area contributed by atoms with Crippen molar-refractivity contribution in [2.75, 3.05) is 5.32 Å². The van der Waals surface area contributed by atoms with E-state index in [2.05, 4.69) is 10.5 Å². The molecule has 1 saturated carbocycles. The van der Waals surface area contributed by atoms with Gasteiger partial charge >= 0.3 is 0 Å². The molecule has 0 bridgehead atoms. The Labute approximate surface area is 149 Å². The number of anilines is 1. The van der Waals surface area contributed by atoms with Crippen molar-refractivity contribution in [1.82, 2.24) is 5.16 Å². The van der Waals surface area contributed by atoms with Gasteiger partial charge in [-0.1, -0.05) is 36.6 Å². The van der Waals surface area contributed by atoms with Crippen molar-refractivity contribution < 1.29 is 12.9 Å². The van der Waals surface area contributed by atoms with E-state index in [0.717, 1.165) is 60.4 Å². The average Bonchev–Trinajstić information content (AvgIpc) is 2.92. The molecule has 1 aliphatic rings. The topological polar surface area (TPSA) is 72.2 Å². The van der Waals surface area contributed by atoms with Gasteiger partial charge in [0, 0.05) is 17.8 Å². The minimum absolute atomic E-state index is 0.124. The van der Waals surface area contributed by atoms with Crippen LogP contribution < -0.4 is 5.32 Å². The third-order valence-corrected chi connectivity index (χ3v) is 7.23. The SMILES string of the molecule is Cc1noc(C)c1CNc1cccc(CS(=O)(=O)C2CCCCC2)c1. The molecule has 5 nitrogen and oxygen atoms in total. The molecular weight excluding hydrogens is 336 g/mol. The van der Waals surface area contributed by atoms with Gasteiger partial charge in [0.2, 0.25) is 0 Å². The molecule has 1 fully saturated rings. The number of nitrogens with one attached hydrogen (secondary N) is 1. The minimum Gasteiger partial charge on any atom is -0.381 e. The zero-order chi connectivity index (χ0) is 17.9. The Hall–Kier alpha value is -1.82. The summed E-state index contributed by atoms with van der Waals surface area (Å²) in [5.41, 5.74) is 3.67. The summed E-state index contributed by atoms with van der Waals surface area (Å²) in [6, 6.07) is 7.68. The fraction of sp³-hybridized carbons (Fsp3) is 0.526. The lowest BCUT2D eigenvalue weighted by Gasteiger charge is -2.21. The van der Waals surface area contributed by atoms with Crippen LogP contribution in [0.1, 0.15) is 54.7 Å². The van der Waals surface area contributed by atoms with Gasteiger partial charge < -0.3 is 9.84 Å². The molecule has 1 N–H and O–H groups in total. The van der Waals surface area contributed by atoms with Crippen molar-refractivity contribution in [3.05, 3.63) is 46.8 Å². The molecule has 136 valence electrons. The van der Waals surface area contributed by atoms with E-state index in [0.29, 0.717) is 6.54 Å². The summed E-state index contributed by atoms with van der Waals surface area (Å²) in [4.78, 5) is 0. The maximum atomic E-state index is 12.7. The summed E-state index contributed by atoms with van der Waals surface area (Å²) >= 11 is 0. The quantitative estimate of drug-likeness (QED) is 0.836. The number of sulfone groups is 1. The highest BCUT2D eigenvalue weighted by molar-refractivity contribution is 7.91. The number of hydrogen-bond donors (Lipinski definition) is 1. The molecule has 0 spiro atoms. The Kier molecular flexibility index (Phi) is 5.47. The molecule has 1 heterocycles. The van der Waals surface area contributed by atoms with Crippen LogP contribution >= 0.6 is 0 Å². The van der Waals surface area contributed by atoms with Crippen LogP contribution in [-0.2, 0) is 22.1 Å². The normalized spacial score (nSPS) is 16.1. The summed E-state index contributed by atoms with van der Waals surface area (Å²) in [7, 11) is -3.08. The summed E-state index contributed by atoms with van der Waals surface area (Å²) < 4.78 is 30.5. The molecule has 6 heteroatoms.